The third-order valence-electron chi connectivity index (χ3n) is 5.19. The average Bonchev–Trinajstić information content (AvgIpc) is 2.78. The SMILES string of the molecule is O=C(/C=C/c1ccccc1OC(F)(F)F)N1CCN(C(=O)CCCc2ccccc2)CC1. The van der Waals surface area contributed by atoms with Crippen LogP contribution in [-0.4, -0.2) is 54.2 Å². The molecule has 2 aromatic rings. The highest BCUT2D eigenvalue weighted by Gasteiger charge is 2.31. The van der Waals surface area contributed by atoms with Gasteiger partial charge in [0.2, 0.25) is 11.8 Å². The lowest BCUT2D eigenvalue weighted by Gasteiger charge is -2.34. The first-order chi connectivity index (χ1) is 15.3. The molecule has 0 aromatic heterocycles. The van der Waals surface area contributed by atoms with Crippen molar-refractivity contribution < 1.29 is 27.5 Å². The number of amides is 2. The number of nitrogens with zero attached hydrogens (tertiary/aromatic N) is 2. The molecule has 0 spiro atoms. The number of benzene rings is 2. The summed E-state index contributed by atoms with van der Waals surface area (Å²) in [6.45, 7) is 1.65. The van der Waals surface area contributed by atoms with Gasteiger partial charge in [0, 0.05) is 44.2 Å². The van der Waals surface area contributed by atoms with E-state index >= 15 is 0 Å². The first-order valence-corrected chi connectivity index (χ1v) is 10.5. The van der Waals surface area contributed by atoms with Crippen molar-refractivity contribution in [3.05, 3.63) is 71.8 Å². The Kier molecular flexibility index (Phi) is 7.92. The highest BCUT2D eigenvalue weighted by molar-refractivity contribution is 5.92. The Morgan fingerprint density at radius 3 is 2.22 bits per heavy atom. The molecule has 1 aliphatic rings. The van der Waals surface area contributed by atoms with Crippen LogP contribution >= 0.6 is 0 Å². The fourth-order valence-electron chi connectivity index (χ4n) is 3.53. The average molecular weight is 446 g/mol. The summed E-state index contributed by atoms with van der Waals surface area (Å²) in [5.41, 5.74) is 1.36. The van der Waals surface area contributed by atoms with E-state index in [4.69, 9.17) is 0 Å². The lowest BCUT2D eigenvalue weighted by molar-refractivity contribution is -0.274. The Bertz CT molecular complexity index is 937. The van der Waals surface area contributed by atoms with Gasteiger partial charge in [0.25, 0.3) is 0 Å². The second-order valence-electron chi connectivity index (χ2n) is 7.46. The van der Waals surface area contributed by atoms with Crippen LogP contribution in [0.25, 0.3) is 6.08 Å². The van der Waals surface area contributed by atoms with Gasteiger partial charge in [0.15, 0.2) is 0 Å². The smallest absolute Gasteiger partial charge is 0.405 e. The van der Waals surface area contributed by atoms with Crippen molar-refractivity contribution in [1.82, 2.24) is 9.80 Å². The predicted molar refractivity (Wildman–Crippen MR) is 115 cm³/mol. The molecule has 32 heavy (non-hydrogen) atoms. The van der Waals surface area contributed by atoms with Crippen molar-refractivity contribution >= 4 is 17.9 Å². The van der Waals surface area contributed by atoms with E-state index < -0.39 is 6.36 Å². The van der Waals surface area contributed by atoms with Crippen molar-refractivity contribution in [3.63, 3.8) is 0 Å². The Hall–Kier alpha value is -3.29. The van der Waals surface area contributed by atoms with E-state index in [0.29, 0.717) is 32.6 Å². The Balaban J connectivity index is 1.46. The molecular weight excluding hydrogens is 421 g/mol. The van der Waals surface area contributed by atoms with Gasteiger partial charge in [0.1, 0.15) is 5.75 Å². The standard InChI is InChI=1S/C24H25F3N2O3/c25-24(26,27)32-21-11-5-4-10-20(21)13-14-23(31)29-17-15-28(16-18-29)22(30)12-6-9-19-7-2-1-3-8-19/h1-5,7-8,10-11,13-14H,6,9,12,15-18H2/b14-13+. The van der Waals surface area contributed by atoms with Crippen molar-refractivity contribution in [2.24, 2.45) is 0 Å². The number of aryl methyl sites for hydroxylation is 1. The molecule has 1 aliphatic heterocycles. The molecule has 1 fully saturated rings. The molecule has 1 heterocycles. The van der Waals surface area contributed by atoms with Crippen LogP contribution in [0.4, 0.5) is 13.2 Å². The lowest BCUT2D eigenvalue weighted by atomic mass is 10.1. The Morgan fingerprint density at radius 1 is 0.906 bits per heavy atom. The lowest BCUT2D eigenvalue weighted by Crippen LogP contribution is -2.50. The molecule has 5 nitrogen and oxygen atoms in total. The quantitative estimate of drug-likeness (QED) is 0.597. The van der Waals surface area contributed by atoms with E-state index in [-0.39, 0.29) is 23.1 Å². The van der Waals surface area contributed by atoms with Crippen LogP contribution in [0.2, 0.25) is 0 Å². The van der Waals surface area contributed by atoms with Gasteiger partial charge in [0.05, 0.1) is 0 Å². The van der Waals surface area contributed by atoms with Gasteiger partial charge >= 0.3 is 6.36 Å². The molecule has 0 radical (unpaired) electrons. The fraction of sp³-hybridized carbons (Fsp3) is 0.333. The van der Waals surface area contributed by atoms with E-state index in [9.17, 15) is 22.8 Å². The minimum atomic E-state index is -4.81. The molecule has 3 rings (SSSR count). The molecular formula is C24H25F3N2O3. The fourth-order valence-corrected chi connectivity index (χ4v) is 3.53. The molecule has 0 saturated carbocycles. The zero-order valence-electron chi connectivity index (χ0n) is 17.6. The molecule has 8 heteroatoms. The van der Waals surface area contributed by atoms with Crippen LogP contribution in [-0.2, 0) is 16.0 Å². The number of halogens is 3. The van der Waals surface area contributed by atoms with Gasteiger partial charge in [-0.05, 0) is 30.5 Å². The summed E-state index contributed by atoms with van der Waals surface area (Å²) in [4.78, 5) is 28.2. The van der Waals surface area contributed by atoms with Crippen molar-refractivity contribution in [3.8, 4) is 5.75 Å². The predicted octanol–water partition coefficient (Wildman–Crippen LogP) is 4.29. The van der Waals surface area contributed by atoms with Crippen LogP contribution in [0.5, 0.6) is 5.75 Å². The van der Waals surface area contributed by atoms with Gasteiger partial charge in [-0.25, -0.2) is 0 Å². The van der Waals surface area contributed by atoms with Crippen LogP contribution in [0, 0.1) is 0 Å². The van der Waals surface area contributed by atoms with E-state index in [0.717, 1.165) is 12.8 Å². The minimum absolute atomic E-state index is 0.0711. The molecule has 2 aromatic carbocycles. The first kappa shape index (κ1) is 23.4. The second-order valence-corrected chi connectivity index (χ2v) is 7.46. The van der Waals surface area contributed by atoms with Gasteiger partial charge in [-0.1, -0.05) is 48.5 Å². The normalized spacial score (nSPS) is 14.6. The number of alkyl halides is 3. The maximum absolute atomic E-state index is 12.5. The number of carbonyl (C=O) groups excluding carboxylic acids is 2. The largest absolute Gasteiger partial charge is 0.573 e. The molecule has 0 unspecified atom stereocenters. The third-order valence-corrected chi connectivity index (χ3v) is 5.19. The zero-order chi connectivity index (χ0) is 23.0. The summed E-state index contributed by atoms with van der Waals surface area (Å²) >= 11 is 0. The van der Waals surface area contributed by atoms with Gasteiger partial charge in [-0.15, -0.1) is 13.2 Å². The monoisotopic (exact) mass is 446 g/mol. The zero-order valence-corrected chi connectivity index (χ0v) is 17.6. The van der Waals surface area contributed by atoms with E-state index in [1.807, 2.05) is 30.3 Å². The number of hydrogen-bond acceptors (Lipinski definition) is 3. The molecule has 2 amide bonds. The van der Waals surface area contributed by atoms with Crippen LogP contribution in [0.3, 0.4) is 0 Å². The van der Waals surface area contributed by atoms with E-state index in [2.05, 4.69) is 4.74 Å². The topological polar surface area (TPSA) is 49.9 Å². The van der Waals surface area contributed by atoms with Crippen molar-refractivity contribution in [1.29, 1.82) is 0 Å². The van der Waals surface area contributed by atoms with Crippen LogP contribution < -0.4 is 4.74 Å². The molecule has 0 bridgehead atoms. The highest BCUT2D eigenvalue weighted by Crippen LogP contribution is 2.27. The minimum Gasteiger partial charge on any atom is -0.405 e. The van der Waals surface area contributed by atoms with E-state index in [1.54, 1.807) is 15.9 Å². The van der Waals surface area contributed by atoms with Gasteiger partial charge in [-0.2, -0.15) is 0 Å². The number of carbonyl (C=O) groups is 2. The Labute approximate surface area is 185 Å². The summed E-state index contributed by atoms with van der Waals surface area (Å²) in [6.07, 6.45) is -0.198. The molecule has 0 N–H and O–H groups in total. The number of para-hydroxylation sites is 1. The summed E-state index contributed by atoms with van der Waals surface area (Å²) in [7, 11) is 0. The first-order valence-electron chi connectivity index (χ1n) is 10.5. The van der Waals surface area contributed by atoms with Gasteiger partial charge < -0.3 is 14.5 Å². The highest BCUT2D eigenvalue weighted by atomic mass is 19.4. The van der Waals surface area contributed by atoms with Crippen LogP contribution in [0.1, 0.15) is 24.0 Å². The molecule has 0 atom stereocenters. The van der Waals surface area contributed by atoms with Crippen molar-refractivity contribution in [2.45, 2.75) is 25.6 Å². The maximum Gasteiger partial charge on any atom is 0.573 e. The second kappa shape index (κ2) is 10.8. The van der Waals surface area contributed by atoms with Gasteiger partial charge in [-0.3, -0.25) is 9.59 Å². The summed E-state index contributed by atoms with van der Waals surface area (Å²) in [6, 6.07) is 15.6. The molecule has 170 valence electrons. The Morgan fingerprint density at radius 2 is 1.53 bits per heavy atom. The van der Waals surface area contributed by atoms with E-state index in [1.165, 1.54) is 35.9 Å². The van der Waals surface area contributed by atoms with Crippen LogP contribution in [0.15, 0.2) is 60.7 Å². The number of ether oxygens (including phenoxy) is 1. The summed E-state index contributed by atoms with van der Waals surface area (Å²) in [5.74, 6) is -0.611. The summed E-state index contributed by atoms with van der Waals surface area (Å²) < 4.78 is 41.6. The maximum atomic E-state index is 12.5. The number of hydrogen-bond donors (Lipinski definition) is 0. The van der Waals surface area contributed by atoms with Crippen molar-refractivity contribution in [2.75, 3.05) is 26.2 Å². The molecule has 0 aliphatic carbocycles. The third kappa shape index (κ3) is 7.14. The molecule has 1 saturated heterocycles. The summed E-state index contributed by atoms with van der Waals surface area (Å²) in [5, 5.41) is 0. The number of piperazine rings is 1. The number of rotatable bonds is 7.